The summed E-state index contributed by atoms with van der Waals surface area (Å²) in [7, 11) is 0. The summed E-state index contributed by atoms with van der Waals surface area (Å²) in [5.41, 5.74) is 0. The number of carboxylic acids is 1. The highest BCUT2D eigenvalue weighted by Gasteiger charge is 2.28. The van der Waals surface area contributed by atoms with Crippen molar-refractivity contribution in [2.45, 2.75) is 19.3 Å². The van der Waals surface area contributed by atoms with Crippen molar-refractivity contribution < 1.29 is 14.7 Å². The molecule has 0 spiro atoms. The van der Waals surface area contributed by atoms with E-state index in [0.717, 1.165) is 17.8 Å². The lowest BCUT2D eigenvalue weighted by molar-refractivity contribution is -0.127. The van der Waals surface area contributed by atoms with Gasteiger partial charge in [-0.3, -0.25) is 4.79 Å². The van der Waals surface area contributed by atoms with Crippen molar-refractivity contribution in [1.29, 1.82) is 0 Å². The normalized spacial score (nSPS) is 20.1. The van der Waals surface area contributed by atoms with Crippen molar-refractivity contribution in [1.82, 2.24) is 15.1 Å². The van der Waals surface area contributed by atoms with Crippen LogP contribution in [0, 0.1) is 0 Å². The third kappa shape index (κ3) is 2.04. The predicted molar refractivity (Wildman–Crippen MR) is 56.5 cm³/mol. The van der Waals surface area contributed by atoms with Gasteiger partial charge in [-0.1, -0.05) is 11.3 Å². The van der Waals surface area contributed by atoms with Crippen molar-refractivity contribution in [3.8, 4) is 0 Å². The number of nitrogens with zero attached hydrogens (tertiary/aromatic N) is 3. The van der Waals surface area contributed by atoms with Crippen LogP contribution in [0.2, 0.25) is 0 Å². The lowest BCUT2D eigenvalue weighted by Crippen LogP contribution is -2.25. The Kier molecular flexibility index (Phi) is 2.86. The third-order valence-electron chi connectivity index (χ3n) is 2.61. The Balaban J connectivity index is 2.08. The van der Waals surface area contributed by atoms with Gasteiger partial charge >= 0.3 is 5.97 Å². The van der Waals surface area contributed by atoms with Crippen LogP contribution in [0.4, 0.5) is 0 Å². The molecule has 16 heavy (non-hydrogen) atoms. The number of aromatic carboxylic acids is 1. The van der Waals surface area contributed by atoms with Crippen molar-refractivity contribution in [2.24, 2.45) is 0 Å². The summed E-state index contributed by atoms with van der Waals surface area (Å²) in [6.45, 7) is 2.86. The SMILES string of the molecule is CC(=O)N1CCC(c2nnc(C(=O)O)s2)C1. The molecule has 1 aliphatic heterocycles. The molecular formula is C9H11N3O3S. The Morgan fingerprint density at radius 3 is 2.75 bits per heavy atom. The molecule has 0 aliphatic carbocycles. The molecule has 1 aliphatic rings. The average molecular weight is 241 g/mol. The molecule has 1 N–H and O–H groups in total. The fraction of sp³-hybridized carbons (Fsp3) is 0.556. The molecule has 1 aromatic heterocycles. The number of carboxylic acid groups (broad SMARTS) is 1. The summed E-state index contributed by atoms with van der Waals surface area (Å²) < 4.78 is 0. The predicted octanol–water partition coefficient (Wildman–Crippen LogP) is 0.572. The molecule has 0 aromatic carbocycles. The Hall–Kier alpha value is -1.50. The maximum absolute atomic E-state index is 11.1. The highest BCUT2D eigenvalue weighted by atomic mass is 32.1. The van der Waals surface area contributed by atoms with Gasteiger partial charge in [-0.15, -0.1) is 10.2 Å². The second-order valence-electron chi connectivity index (χ2n) is 3.70. The zero-order valence-electron chi connectivity index (χ0n) is 8.71. The second-order valence-corrected chi connectivity index (χ2v) is 4.71. The molecule has 1 amide bonds. The molecule has 0 saturated carbocycles. The first-order valence-corrected chi connectivity index (χ1v) is 5.72. The van der Waals surface area contributed by atoms with E-state index in [1.54, 1.807) is 4.90 Å². The van der Waals surface area contributed by atoms with Crippen molar-refractivity contribution >= 4 is 23.2 Å². The number of amides is 1. The van der Waals surface area contributed by atoms with Gasteiger partial charge < -0.3 is 10.0 Å². The maximum atomic E-state index is 11.1. The highest BCUT2D eigenvalue weighted by molar-refractivity contribution is 7.13. The largest absolute Gasteiger partial charge is 0.476 e. The van der Waals surface area contributed by atoms with Crippen molar-refractivity contribution in [3.05, 3.63) is 10.0 Å². The standard InChI is InChI=1S/C9H11N3O3S/c1-5(13)12-3-2-6(4-12)7-10-11-8(16-7)9(14)15/h6H,2-4H2,1H3,(H,14,15). The summed E-state index contributed by atoms with van der Waals surface area (Å²) >= 11 is 1.09. The molecule has 2 rings (SSSR count). The lowest BCUT2D eigenvalue weighted by Gasteiger charge is -2.12. The van der Waals surface area contributed by atoms with Crippen LogP contribution in [-0.2, 0) is 4.79 Å². The van der Waals surface area contributed by atoms with E-state index >= 15 is 0 Å². The summed E-state index contributed by atoms with van der Waals surface area (Å²) in [6.07, 6.45) is 0.827. The van der Waals surface area contributed by atoms with E-state index in [-0.39, 0.29) is 16.8 Å². The number of carbonyl (C=O) groups is 2. The fourth-order valence-corrected chi connectivity index (χ4v) is 2.54. The molecule has 7 heteroatoms. The van der Waals surface area contributed by atoms with E-state index in [1.165, 1.54) is 6.92 Å². The van der Waals surface area contributed by atoms with E-state index in [0.29, 0.717) is 18.1 Å². The van der Waals surface area contributed by atoms with Gasteiger partial charge in [-0.25, -0.2) is 4.79 Å². The lowest BCUT2D eigenvalue weighted by atomic mass is 10.1. The van der Waals surface area contributed by atoms with Gasteiger partial charge in [-0.05, 0) is 6.42 Å². The van der Waals surface area contributed by atoms with Crippen LogP contribution in [0.5, 0.6) is 0 Å². The molecule has 1 aromatic rings. The summed E-state index contributed by atoms with van der Waals surface area (Å²) in [4.78, 5) is 23.5. The first-order valence-electron chi connectivity index (χ1n) is 4.90. The van der Waals surface area contributed by atoms with Gasteiger partial charge in [0.25, 0.3) is 0 Å². The molecule has 0 radical (unpaired) electrons. The first-order chi connectivity index (χ1) is 7.58. The molecule has 1 unspecified atom stereocenters. The Morgan fingerprint density at radius 2 is 2.25 bits per heavy atom. The molecule has 1 saturated heterocycles. The van der Waals surface area contributed by atoms with E-state index in [1.807, 2.05) is 0 Å². The Labute approximate surface area is 95.9 Å². The van der Waals surface area contributed by atoms with Crippen LogP contribution < -0.4 is 0 Å². The highest BCUT2D eigenvalue weighted by Crippen LogP contribution is 2.29. The quantitative estimate of drug-likeness (QED) is 0.818. The summed E-state index contributed by atoms with van der Waals surface area (Å²) in [6, 6.07) is 0. The molecule has 0 bridgehead atoms. The first kappa shape index (κ1) is 11.0. The zero-order valence-corrected chi connectivity index (χ0v) is 9.53. The minimum atomic E-state index is -1.05. The second kappa shape index (κ2) is 4.17. The smallest absolute Gasteiger partial charge is 0.367 e. The number of hydrogen-bond acceptors (Lipinski definition) is 5. The molecule has 86 valence electrons. The molecule has 1 fully saturated rings. The van der Waals surface area contributed by atoms with Gasteiger partial charge in [-0.2, -0.15) is 0 Å². The zero-order chi connectivity index (χ0) is 11.7. The van der Waals surface area contributed by atoms with E-state index in [9.17, 15) is 9.59 Å². The summed E-state index contributed by atoms with van der Waals surface area (Å²) in [5, 5.41) is 16.9. The molecule has 2 heterocycles. The molecule has 6 nitrogen and oxygen atoms in total. The Morgan fingerprint density at radius 1 is 1.50 bits per heavy atom. The van der Waals surface area contributed by atoms with E-state index < -0.39 is 5.97 Å². The number of rotatable bonds is 2. The monoisotopic (exact) mass is 241 g/mol. The van der Waals surface area contributed by atoms with Crippen LogP contribution >= 0.6 is 11.3 Å². The van der Waals surface area contributed by atoms with Gasteiger partial charge in [0.2, 0.25) is 10.9 Å². The average Bonchev–Trinajstić information content (AvgIpc) is 2.86. The number of likely N-dealkylation sites (tertiary alicyclic amines) is 1. The number of aromatic nitrogens is 2. The van der Waals surface area contributed by atoms with Crippen LogP contribution in [-0.4, -0.2) is 45.2 Å². The van der Waals surface area contributed by atoms with E-state index in [4.69, 9.17) is 5.11 Å². The minimum Gasteiger partial charge on any atom is -0.476 e. The van der Waals surface area contributed by atoms with Gasteiger partial charge in [0.05, 0.1) is 0 Å². The van der Waals surface area contributed by atoms with Gasteiger partial charge in [0, 0.05) is 25.9 Å². The van der Waals surface area contributed by atoms with Crippen molar-refractivity contribution in [3.63, 3.8) is 0 Å². The van der Waals surface area contributed by atoms with E-state index in [2.05, 4.69) is 10.2 Å². The third-order valence-corrected chi connectivity index (χ3v) is 3.68. The van der Waals surface area contributed by atoms with Gasteiger partial charge in [0.15, 0.2) is 0 Å². The van der Waals surface area contributed by atoms with Gasteiger partial charge in [0.1, 0.15) is 5.01 Å². The minimum absolute atomic E-state index is 0.0104. The van der Waals surface area contributed by atoms with Crippen LogP contribution in [0.3, 0.4) is 0 Å². The van der Waals surface area contributed by atoms with Crippen LogP contribution in [0.1, 0.15) is 34.1 Å². The summed E-state index contributed by atoms with van der Waals surface area (Å²) in [5.74, 6) is -0.870. The van der Waals surface area contributed by atoms with Crippen molar-refractivity contribution in [2.75, 3.05) is 13.1 Å². The molecule has 1 atom stereocenters. The number of hydrogen-bond donors (Lipinski definition) is 1. The van der Waals surface area contributed by atoms with Crippen LogP contribution in [0.15, 0.2) is 0 Å². The molecular weight excluding hydrogens is 230 g/mol. The topological polar surface area (TPSA) is 83.4 Å². The fourth-order valence-electron chi connectivity index (χ4n) is 1.73. The van der Waals surface area contributed by atoms with Crippen LogP contribution in [0.25, 0.3) is 0 Å². The maximum Gasteiger partial charge on any atom is 0.367 e. The number of carbonyl (C=O) groups excluding carboxylic acids is 1. The Bertz CT molecular complexity index is 431.